The molecule has 1 aromatic rings. The van der Waals surface area contributed by atoms with Crippen LogP contribution in [0.15, 0.2) is 29.2 Å². The summed E-state index contributed by atoms with van der Waals surface area (Å²) in [6, 6.07) is 7.14. The van der Waals surface area contributed by atoms with E-state index in [2.05, 4.69) is 4.90 Å². The number of halogens is 1. The monoisotopic (exact) mass is 356 g/mol. The van der Waals surface area contributed by atoms with E-state index < -0.39 is 15.7 Å². The van der Waals surface area contributed by atoms with Gasteiger partial charge in [-0.25, -0.2) is 12.8 Å². The van der Waals surface area contributed by atoms with E-state index in [1.807, 2.05) is 12.1 Å². The maximum atomic E-state index is 14.0. The number of alkyl halides is 1. The van der Waals surface area contributed by atoms with Crippen LogP contribution in [0.25, 0.3) is 0 Å². The highest BCUT2D eigenvalue weighted by Crippen LogP contribution is 2.28. The van der Waals surface area contributed by atoms with Gasteiger partial charge in [-0.05, 0) is 31.4 Å². The summed E-state index contributed by atoms with van der Waals surface area (Å²) in [6.07, 6.45) is 0.983. The maximum absolute atomic E-state index is 14.0. The SMILES string of the molecule is CC1(F)CCN(Cc2ccccc2S(=O)(=O)N2CCOCC2)CC1. The van der Waals surface area contributed by atoms with Gasteiger partial charge in [0.05, 0.1) is 18.1 Å². The smallest absolute Gasteiger partial charge is 0.243 e. The third-order valence-electron chi connectivity index (χ3n) is 4.85. The Kier molecular flexibility index (Phi) is 5.24. The lowest BCUT2D eigenvalue weighted by molar-refractivity contribution is 0.0695. The largest absolute Gasteiger partial charge is 0.379 e. The van der Waals surface area contributed by atoms with E-state index in [0.717, 1.165) is 5.56 Å². The quantitative estimate of drug-likeness (QED) is 0.828. The molecule has 2 fully saturated rings. The van der Waals surface area contributed by atoms with Crippen molar-refractivity contribution in [1.82, 2.24) is 9.21 Å². The van der Waals surface area contributed by atoms with E-state index >= 15 is 0 Å². The van der Waals surface area contributed by atoms with Gasteiger partial charge in [-0.3, -0.25) is 4.90 Å². The fourth-order valence-corrected chi connectivity index (χ4v) is 4.85. The number of hydrogen-bond donors (Lipinski definition) is 0. The number of benzene rings is 1. The molecule has 0 aliphatic carbocycles. The first kappa shape index (κ1) is 17.8. The number of rotatable bonds is 4. The molecule has 3 rings (SSSR count). The topological polar surface area (TPSA) is 49.9 Å². The first-order valence-corrected chi connectivity index (χ1v) is 9.90. The molecule has 24 heavy (non-hydrogen) atoms. The normalized spacial score (nSPS) is 23.2. The Balaban J connectivity index is 1.78. The Hall–Kier alpha value is -1.02. The van der Waals surface area contributed by atoms with Gasteiger partial charge in [0.1, 0.15) is 5.67 Å². The Morgan fingerprint density at radius 2 is 1.75 bits per heavy atom. The molecule has 0 unspecified atom stereocenters. The van der Waals surface area contributed by atoms with E-state index in [9.17, 15) is 12.8 Å². The molecule has 0 N–H and O–H groups in total. The molecule has 0 radical (unpaired) electrons. The van der Waals surface area contributed by atoms with Crippen LogP contribution in [0.5, 0.6) is 0 Å². The molecule has 2 aliphatic rings. The summed E-state index contributed by atoms with van der Waals surface area (Å²) in [6.45, 7) is 5.13. The number of piperidine rings is 1. The lowest BCUT2D eigenvalue weighted by Crippen LogP contribution is -2.42. The predicted octanol–water partition coefficient (Wildman–Crippen LogP) is 2.03. The van der Waals surface area contributed by atoms with Gasteiger partial charge in [-0.2, -0.15) is 4.31 Å². The van der Waals surface area contributed by atoms with Crippen molar-refractivity contribution in [3.05, 3.63) is 29.8 Å². The predicted molar refractivity (Wildman–Crippen MR) is 90.0 cm³/mol. The Bertz CT molecular complexity index is 662. The van der Waals surface area contributed by atoms with Crippen LogP contribution in [0.3, 0.4) is 0 Å². The van der Waals surface area contributed by atoms with Crippen LogP contribution >= 0.6 is 0 Å². The van der Waals surface area contributed by atoms with Gasteiger partial charge in [0.25, 0.3) is 0 Å². The minimum absolute atomic E-state index is 0.362. The maximum Gasteiger partial charge on any atom is 0.243 e. The molecule has 1 aromatic carbocycles. The number of nitrogens with zero attached hydrogens (tertiary/aromatic N) is 2. The highest BCUT2D eigenvalue weighted by atomic mass is 32.2. The molecule has 134 valence electrons. The van der Waals surface area contributed by atoms with Crippen molar-refractivity contribution in [2.75, 3.05) is 39.4 Å². The van der Waals surface area contributed by atoms with Crippen molar-refractivity contribution >= 4 is 10.0 Å². The third kappa shape index (κ3) is 3.96. The summed E-state index contributed by atoms with van der Waals surface area (Å²) < 4.78 is 46.6. The first-order chi connectivity index (χ1) is 11.4. The van der Waals surface area contributed by atoms with Gasteiger partial charge in [0.2, 0.25) is 10.0 Å². The van der Waals surface area contributed by atoms with Crippen LogP contribution in [-0.2, 0) is 21.3 Å². The van der Waals surface area contributed by atoms with Gasteiger partial charge in [0, 0.05) is 32.7 Å². The van der Waals surface area contributed by atoms with Gasteiger partial charge in [-0.15, -0.1) is 0 Å². The summed E-state index contributed by atoms with van der Waals surface area (Å²) in [5, 5.41) is 0. The second-order valence-corrected chi connectivity index (χ2v) is 8.72. The number of ether oxygens (including phenoxy) is 1. The number of morpholine rings is 1. The van der Waals surface area contributed by atoms with Crippen molar-refractivity contribution in [2.24, 2.45) is 0 Å². The average molecular weight is 356 g/mol. The van der Waals surface area contributed by atoms with Crippen molar-refractivity contribution < 1.29 is 17.5 Å². The molecule has 2 heterocycles. The van der Waals surface area contributed by atoms with Crippen LogP contribution in [0.1, 0.15) is 25.3 Å². The molecule has 0 aromatic heterocycles. The van der Waals surface area contributed by atoms with Gasteiger partial charge < -0.3 is 4.74 Å². The molecule has 0 bridgehead atoms. The zero-order valence-electron chi connectivity index (χ0n) is 14.1. The molecule has 2 aliphatic heterocycles. The van der Waals surface area contributed by atoms with E-state index in [1.165, 1.54) is 4.31 Å². The lowest BCUT2D eigenvalue weighted by atomic mass is 9.95. The Labute approximate surface area is 143 Å². The van der Waals surface area contributed by atoms with Crippen molar-refractivity contribution in [2.45, 2.75) is 36.9 Å². The summed E-state index contributed by atoms with van der Waals surface area (Å²) in [5.74, 6) is 0. The molecular weight excluding hydrogens is 331 g/mol. The molecule has 0 amide bonds. The lowest BCUT2D eigenvalue weighted by Gasteiger charge is -2.34. The summed E-state index contributed by atoms with van der Waals surface area (Å²) in [7, 11) is -3.51. The average Bonchev–Trinajstić information content (AvgIpc) is 2.58. The minimum atomic E-state index is -3.51. The van der Waals surface area contributed by atoms with Crippen molar-refractivity contribution in [3.63, 3.8) is 0 Å². The zero-order chi connectivity index (χ0) is 17.2. The summed E-state index contributed by atoms with van der Waals surface area (Å²) in [5.41, 5.74) is -0.318. The van der Waals surface area contributed by atoms with E-state index in [0.29, 0.717) is 63.7 Å². The Morgan fingerprint density at radius 3 is 2.42 bits per heavy atom. The summed E-state index contributed by atoms with van der Waals surface area (Å²) >= 11 is 0. The standard InChI is InChI=1S/C17H25FN2O3S/c1-17(18)6-8-19(9-7-17)14-15-4-2-3-5-16(15)24(21,22)20-10-12-23-13-11-20/h2-5H,6-14H2,1H3. The zero-order valence-corrected chi connectivity index (χ0v) is 14.9. The number of hydrogen-bond acceptors (Lipinski definition) is 4. The summed E-state index contributed by atoms with van der Waals surface area (Å²) in [4.78, 5) is 2.50. The van der Waals surface area contributed by atoms with Crippen LogP contribution in [0.4, 0.5) is 4.39 Å². The molecular formula is C17H25FN2O3S. The fourth-order valence-electron chi connectivity index (χ4n) is 3.23. The van der Waals surface area contributed by atoms with Crippen LogP contribution in [0, 0.1) is 0 Å². The molecule has 7 heteroatoms. The molecule has 0 atom stereocenters. The van der Waals surface area contributed by atoms with Crippen LogP contribution < -0.4 is 0 Å². The minimum Gasteiger partial charge on any atom is -0.379 e. The Morgan fingerprint density at radius 1 is 1.12 bits per heavy atom. The molecule has 5 nitrogen and oxygen atoms in total. The third-order valence-corrected chi connectivity index (χ3v) is 6.85. The number of likely N-dealkylation sites (tertiary alicyclic amines) is 1. The highest BCUT2D eigenvalue weighted by Gasteiger charge is 2.31. The molecule has 0 spiro atoms. The van der Waals surface area contributed by atoms with Gasteiger partial charge in [0.15, 0.2) is 0 Å². The van der Waals surface area contributed by atoms with Crippen LogP contribution in [0.2, 0.25) is 0 Å². The van der Waals surface area contributed by atoms with Gasteiger partial charge >= 0.3 is 0 Å². The fraction of sp³-hybridized carbons (Fsp3) is 0.647. The first-order valence-electron chi connectivity index (χ1n) is 8.46. The van der Waals surface area contributed by atoms with Crippen molar-refractivity contribution in [3.8, 4) is 0 Å². The molecule has 2 saturated heterocycles. The number of sulfonamides is 1. The van der Waals surface area contributed by atoms with Crippen molar-refractivity contribution in [1.29, 1.82) is 0 Å². The van der Waals surface area contributed by atoms with Crippen LogP contribution in [-0.4, -0.2) is 62.7 Å². The second kappa shape index (κ2) is 7.07. The highest BCUT2D eigenvalue weighted by molar-refractivity contribution is 7.89. The van der Waals surface area contributed by atoms with E-state index in [1.54, 1.807) is 19.1 Å². The van der Waals surface area contributed by atoms with Gasteiger partial charge in [-0.1, -0.05) is 18.2 Å². The van der Waals surface area contributed by atoms with E-state index in [4.69, 9.17) is 4.74 Å². The van der Waals surface area contributed by atoms with E-state index in [-0.39, 0.29) is 0 Å². The second-order valence-electron chi connectivity index (χ2n) is 6.81. The molecule has 0 saturated carbocycles.